The Labute approximate surface area is 133 Å². The first-order valence-corrected chi connectivity index (χ1v) is 5.98. The molecule has 6 nitrogen and oxygen atoms in total. The van der Waals surface area contributed by atoms with Crippen LogP contribution in [0.2, 0.25) is 0 Å². The average Bonchev–Trinajstić information content (AvgIpc) is 3.20. The molecule has 0 N–H and O–H groups in total. The predicted molar refractivity (Wildman–Crippen MR) is 77.7 cm³/mol. The zero-order chi connectivity index (χ0) is 13.6. The number of hydrogen-bond acceptors (Lipinski definition) is 6. The molecule has 0 unspecified atom stereocenters. The number of azo groups is 2. The molecule has 0 atom stereocenters. The van der Waals surface area contributed by atoms with Crippen LogP contribution in [0.15, 0.2) is 90.6 Å². The minimum atomic E-state index is 0. The summed E-state index contributed by atoms with van der Waals surface area (Å²) in [6, 6.07) is 16.7. The van der Waals surface area contributed by atoms with Crippen LogP contribution in [-0.4, -0.2) is 12.7 Å². The molecule has 0 aromatic heterocycles. The van der Waals surface area contributed by atoms with Gasteiger partial charge in [0.25, 0.3) is 0 Å². The van der Waals surface area contributed by atoms with Crippen LogP contribution in [-0.2, 0) is 19.5 Å². The van der Waals surface area contributed by atoms with Crippen molar-refractivity contribution in [2.45, 2.75) is 0 Å². The Morgan fingerprint density at radius 1 is 0.571 bits per heavy atom. The van der Waals surface area contributed by atoms with Gasteiger partial charge in [0.2, 0.25) is 11.6 Å². The molecule has 0 bridgehead atoms. The van der Waals surface area contributed by atoms with Gasteiger partial charge in [-0.3, -0.25) is 0 Å². The first-order chi connectivity index (χ1) is 9.93. The fourth-order valence-corrected chi connectivity index (χ4v) is 1.71. The fraction of sp³-hybridized carbons (Fsp3) is 0. The molecule has 2 aliphatic rings. The van der Waals surface area contributed by atoms with Crippen molar-refractivity contribution in [3.63, 3.8) is 0 Å². The molecule has 7 heteroatoms. The number of aliphatic imine (C=N–C) groups is 2. The average molecular weight is 328 g/mol. The monoisotopic (exact) mass is 326 g/mol. The quantitative estimate of drug-likeness (QED) is 0.657. The summed E-state index contributed by atoms with van der Waals surface area (Å²) < 4.78 is 0. The molecule has 2 heterocycles. The van der Waals surface area contributed by atoms with E-state index < -0.39 is 0 Å². The van der Waals surface area contributed by atoms with Crippen molar-refractivity contribution in [1.82, 2.24) is 0 Å². The molecular formula is C14H10N6Zn. The summed E-state index contributed by atoms with van der Waals surface area (Å²) >= 11 is 0. The standard InChI is InChI=1S/C10H8.C4H2N6.Zn/c1-2-6-10-8-4-3-7-9(10)5-1;1-5-3(9-7-1)4-6-2-8-10-4;/h1-8H;1-2H;. The second-order valence-corrected chi connectivity index (χ2v) is 3.91. The van der Waals surface area contributed by atoms with Gasteiger partial charge in [-0.1, -0.05) is 48.5 Å². The van der Waals surface area contributed by atoms with E-state index in [1.165, 1.54) is 23.4 Å². The van der Waals surface area contributed by atoms with E-state index >= 15 is 0 Å². The van der Waals surface area contributed by atoms with Crippen LogP contribution in [0.1, 0.15) is 0 Å². The van der Waals surface area contributed by atoms with E-state index in [0.717, 1.165) is 0 Å². The van der Waals surface area contributed by atoms with Gasteiger partial charge in [0, 0.05) is 19.5 Å². The smallest absolute Gasteiger partial charge is 0.210 e. The van der Waals surface area contributed by atoms with Crippen LogP contribution in [0.4, 0.5) is 0 Å². The Bertz CT molecular complexity index is 652. The Kier molecular flexibility index (Phi) is 5.29. The molecule has 0 amide bonds. The van der Waals surface area contributed by atoms with Crippen molar-refractivity contribution in [3.05, 3.63) is 60.2 Å². The number of benzene rings is 2. The third-order valence-electron chi connectivity index (χ3n) is 2.63. The Morgan fingerprint density at radius 3 is 1.24 bits per heavy atom. The molecule has 2 aliphatic heterocycles. The van der Waals surface area contributed by atoms with Gasteiger partial charge in [0.05, 0.1) is 0 Å². The van der Waals surface area contributed by atoms with Gasteiger partial charge >= 0.3 is 0 Å². The maximum absolute atomic E-state index is 3.77. The molecule has 0 aliphatic carbocycles. The summed E-state index contributed by atoms with van der Waals surface area (Å²) in [5.41, 5.74) is 0. The van der Waals surface area contributed by atoms with Gasteiger partial charge in [-0.15, -0.1) is 20.5 Å². The van der Waals surface area contributed by atoms with Crippen molar-refractivity contribution in [1.29, 1.82) is 0 Å². The second-order valence-electron chi connectivity index (χ2n) is 3.91. The van der Waals surface area contributed by atoms with E-state index in [9.17, 15) is 0 Å². The van der Waals surface area contributed by atoms with E-state index in [4.69, 9.17) is 0 Å². The third kappa shape index (κ3) is 3.80. The van der Waals surface area contributed by atoms with Gasteiger partial charge < -0.3 is 0 Å². The molecule has 0 saturated carbocycles. The topological polar surface area (TPSA) is 74.2 Å². The van der Waals surface area contributed by atoms with Crippen LogP contribution < -0.4 is 0 Å². The van der Waals surface area contributed by atoms with Crippen LogP contribution in [0.3, 0.4) is 0 Å². The first kappa shape index (κ1) is 15.0. The first-order valence-electron chi connectivity index (χ1n) is 5.98. The molecule has 0 radical (unpaired) electrons. The largest absolute Gasteiger partial charge is 0.223 e. The Morgan fingerprint density at radius 2 is 0.952 bits per heavy atom. The summed E-state index contributed by atoms with van der Waals surface area (Å²) in [6.45, 7) is 0. The number of hydrogen-bond donors (Lipinski definition) is 0. The van der Waals surface area contributed by atoms with Crippen LogP contribution in [0, 0.1) is 0 Å². The Balaban J connectivity index is 0.000000147. The molecule has 0 saturated heterocycles. The molecule has 98 valence electrons. The third-order valence-corrected chi connectivity index (χ3v) is 2.63. The van der Waals surface area contributed by atoms with E-state index in [2.05, 4.69) is 79.0 Å². The van der Waals surface area contributed by atoms with Crippen LogP contribution in [0.5, 0.6) is 0 Å². The summed E-state index contributed by atoms with van der Waals surface area (Å²) in [6.07, 6.45) is 2.68. The minimum Gasteiger partial charge on any atom is -0.210 e. The van der Waals surface area contributed by atoms with Crippen molar-refractivity contribution in [2.75, 3.05) is 0 Å². The molecule has 0 spiro atoms. The zero-order valence-corrected chi connectivity index (χ0v) is 14.1. The van der Waals surface area contributed by atoms with E-state index in [1.54, 1.807) is 0 Å². The van der Waals surface area contributed by atoms with Crippen LogP contribution >= 0.6 is 0 Å². The minimum absolute atomic E-state index is 0. The van der Waals surface area contributed by atoms with Crippen molar-refractivity contribution < 1.29 is 19.5 Å². The summed E-state index contributed by atoms with van der Waals surface area (Å²) in [4.78, 5) is 7.54. The van der Waals surface area contributed by atoms with Crippen molar-refractivity contribution in [2.24, 2.45) is 30.4 Å². The number of nitrogens with zero attached hydrogens (tertiary/aromatic N) is 6. The zero-order valence-electron chi connectivity index (χ0n) is 11.2. The molecule has 4 rings (SSSR count). The normalized spacial score (nSPS) is 17.7. The summed E-state index contributed by atoms with van der Waals surface area (Å²) in [5.74, 6) is 0.829. The summed E-state index contributed by atoms with van der Waals surface area (Å²) in [7, 11) is 0. The van der Waals surface area contributed by atoms with Crippen molar-refractivity contribution >= 4 is 23.4 Å². The SMILES string of the molecule is C1=NC(=C2N=CN=N2)N=N1.[Zn].c1ccc2ccccc2c1. The van der Waals surface area contributed by atoms with E-state index in [0.29, 0.717) is 11.6 Å². The molecule has 0 fully saturated rings. The van der Waals surface area contributed by atoms with Crippen molar-refractivity contribution in [3.8, 4) is 0 Å². The number of rotatable bonds is 0. The molecule has 21 heavy (non-hydrogen) atoms. The Hall–Kier alpha value is -2.40. The van der Waals surface area contributed by atoms with Gasteiger partial charge in [0.1, 0.15) is 12.7 Å². The van der Waals surface area contributed by atoms with E-state index in [1.807, 2.05) is 0 Å². The molecule has 2 aromatic rings. The van der Waals surface area contributed by atoms with E-state index in [-0.39, 0.29) is 19.5 Å². The van der Waals surface area contributed by atoms with Gasteiger partial charge in [0.15, 0.2) is 0 Å². The van der Waals surface area contributed by atoms with Gasteiger partial charge in [-0.2, -0.15) is 0 Å². The predicted octanol–water partition coefficient (Wildman–Crippen LogP) is 3.94. The number of fused-ring (bicyclic) bond motifs is 1. The van der Waals surface area contributed by atoms with Gasteiger partial charge in [-0.05, 0) is 10.8 Å². The fourth-order valence-electron chi connectivity index (χ4n) is 1.71. The van der Waals surface area contributed by atoms with Gasteiger partial charge in [-0.25, -0.2) is 9.98 Å². The van der Waals surface area contributed by atoms with Crippen LogP contribution in [0.25, 0.3) is 10.8 Å². The molecular weight excluding hydrogens is 318 g/mol. The maximum Gasteiger partial charge on any atom is 0.223 e. The summed E-state index contributed by atoms with van der Waals surface area (Å²) in [5, 5.41) is 16.9. The second kappa shape index (κ2) is 7.40. The molecule has 2 aromatic carbocycles. The maximum atomic E-state index is 3.77.